The van der Waals surface area contributed by atoms with Gasteiger partial charge in [-0.25, -0.2) is 4.98 Å². The van der Waals surface area contributed by atoms with Crippen molar-refractivity contribution in [2.24, 2.45) is 5.92 Å². The zero-order valence-corrected chi connectivity index (χ0v) is 16.2. The van der Waals surface area contributed by atoms with Crippen LogP contribution in [0.3, 0.4) is 0 Å². The maximum absolute atomic E-state index is 13.2. The molecular formula is C20H16Cl2N2OS. The van der Waals surface area contributed by atoms with Gasteiger partial charge < -0.3 is 4.90 Å². The van der Waals surface area contributed by atoms with Crippen LogP contribution < -0.4 is 4.90 Å². The second kappa shape index (κ2) is 6.22. The number of halogens is 2. The summed E-state index contributed by atoms with van der Waals surface area (Å²) in [6.45, 7) is 0.719. The fourth-order valence-corrected chi connectivity index (χ4v) is 5.65. The van der Waals surface area contributed by atoms with E-state index in [-0.39, 0.29) is 17.7 Å². The molecule has 3 nitrogen and oxygen atoms in total. The zero-order valence-electron chi connectivity index (χ0n) is 13.9. The molecule has 0 radical (unpaired) electrons. The number of rotatable bonds is 2. The van der Waals surface area contributed by atoms with Gasteiger partial charge in [0, 0.05) is 23.4 Å². The number of thiazole rings is 1. The van der Waals surface area contributed by atoms with Crippen molar-refractivity contribution in [3.05, 3.63) is 57.0 Å². The quantitative estimate of drug-likeness (QED) is 0.551. The van der Waals surface area contributed by atoms with Crippen LogP contribution in [0.5, 0.6) is 0 Å². The number of amides is 1. The first-order valence-corrected chi connectivity index (χ1v) is 10.3. The van der Waals surface area contributed by atoms with Gasteiger partial charge in [0.1, 0.15) is 0 Å². The first kappa shape index (κ1) is 16.5. The lowest BCUT2D eigenvalue weighted by Crippen LogP contribution is -2.37. The van der Waals surface area contributed by atoms with E-state index in [1.807, 2.05) is 29.2 Å². The van der Waals surface area contributed by atoms with E-state index >= 15 is 0 Å². The van der Waals surface area contributed by atoms with Crippen LogP contribution in [0.1, 0.15) is 29.3 Å². The molecular weight excluding hydrogens is 387 g/mol. The lowest BCUT2D eigenvalue weighted by atomic mass is 10.0. The number of nitrogens with zero attached hydrogens (tertiary/aromatic N) is 2. The van der Waals surface area contributed by atoms with Gasteiger partial charge in [-0.3, -0.25) is 4.79 Å². The van der Waals surface area contributed by atoms with E-state index in [0.29, 0.717) is 10.0 Å². The van der Waals surface area contributed by atoms with E-state index in [1.165, 1.54) is 4.70 Å². The molecule has 1 fully saturated rings. The van der Waals surface area contributed by atoms with E-state index in [4.69, 9.17) is 28.2 Å². The van der Waals surface area contributed by atoms with Gasteiger partial charge >= 0.3 is 0 Å². The molecule has 1 amide bonds. The number of hydrogen-bond acceptors (Lipinski definition) is 3. The largest absolute Gasteiger partial charge is 0.310 e. The van der Waals surface area contributed by atoms with Crippen molar-refractivity contribution < 1.29 is 4.79 Å². The Labute approximate surface area is 165 Å². The maximum atomic E-state index is 13.2. The van der Waals surface area contributed by atoms with Crippen LogP contribution >= 0.6 is 34.5 Å². The van der Waals surface area contributed by atoms with E-state index in [9.17, 15) is 4.79 Å². The minimum absolute atomic E-state index is 0.00765. The van der Waals surface area contributed by atoms with Gasteiger partial charge in [-0.2, -0.15) is 0 Å². The number of carbonyl (C=O) groups is 1. The van der Waals surface area contributed by atoms with Crippen LogP contribution in [0.15, 0.2) is 36.4 Å². The van der Waals surface area contributed by atoms with Gasteiger partial charge in [0.15, 0.2) is 0 Å². The molecule has 2 heterocycles. The van der Waals surface area contributed by atoms with Crippen LogP contribution in [-0.2, 0) is 11.2 Å². The molecule has 132 valence electrons. The Morgan fingerprint density at radius 3 is 2.92 bits per heavy atom. The van der Waals surface area contributed by atoms with Gasteiger partial charge in [0.05, 0.1) is 25.9 Å². The molecule has 1 aliphatic heterocycles. The number of para-hydroxylation sites is 1. The van der Waals surface area contributed by atoms with E-state index < -0.39 is 0 Å². The normalized spacial score (nSPS) is 21.7. The lowest BCUT2D eigenvalue weighted by molar-refractivity contribution is -0.120. The standard InChI is InChI=1S/C20H16Cl2N2OS/c21-12-8-11-4-3-7-24(18(11)15(22)9-12)20(25)14-10-13(14)19-23-16-5-1-2-6-17(16)26-19/h1-2,5-6,8-9,13-14H,3-4,7,10H2. The van der Waals surface area contributed by atoms with Gasteiger partial charge in [0.25, 0.3) is 0 Å². The highest BCUT2D eigenvalue weighted by Gasteiger charge is 2.48. The fraction of sp³-hybridized carbons (Fsp3) is 0.300. The summed E-state index contributed by atoms with van der Waals surface area (Å²) in [6.07, 6.45) is 2.72. The van der Waals surface area contributed by atoms with E-state index in [1.54, 1.807) is 17.4 Å². The predicted molar refractivity (Wildman–Crippen MR) is 108 cm³/mol. The lowest BCUT2D eigenvalue weighted by Gasteiger charge is -2.31. The van der Waals surface area contributed by atoms with Gasteiger partial charge in [-0.15, -0.1) is 11.3 Å². The second-order valence-electron chi connectivity index (χ2n) is 6.96. The summed E-state index contributed by atoms with van der Waals surface area (Å²) in [5, 5.41) is 2.27. The fourth-order valence-electron chi connectivity index (χ4n) is 3.86. The Morgan fingerprint density at radius 2 is 2.08 bits per heavy atom. The monoisotopic (exact) mass is 402 g/mol. The number of anilines is 1. The summed E-state index contributed by atoms with van der Waals surface area (Å²) in [7, 11) is 0. The van der Waals surface area contributed by atoms with Crippen molar-refractivity contribution in [3.63, 3.8) is 0 Å². The molecule has 0 N–H and O–H groups in total. The van der Waals surface area contributed by atoms with Gasteiger partial charge in [0.2, 0.25) is 5.91 Å². The highest BCUT2D eigenvalue weighted by atomic mass is 35.5. The summed E-state index contributed by atoms with van der Waals surface area (Å²) in [5.74, 6) is 0.407. The number of hydrogen-bond donors (Lipinski definition) is 0. The molecule has 2 unspecified atom stereocenters. The summed E-state index contributed by atoms with van der Waals surface area (Å²) in [4.78, 5) is 19.8. The minimum Gasteiger partial charge on any atom is -0.310 e. The zero-order chi connectivity index (χ0) is 17.8. The number of carbonyl (C=O) groups excluding carboxylic acids is 1. The third kappa shape index (κ3) is 2.72. The smallest absolute Gasteiger partial charge is 0.230 e. The Hall–Kier alpha value is -1.62. The average molecular weight is 403 g/mol. The molecule has 1 aliphatic carbocycles. The Morgan fingerprint density at radius 1 is 1.23 bits per heavy atom. The third-order valence-corrected chi connectivity index (χ3v) is 6.88. The number of aryl methyl sites for hydroxylation is 1. The van der Waals surface area contributed by atoms with Gasteiger partial charge in [-0.1, -0.05) is 35.3 Å². The minimum atomic E-state index is 0.00765. The first-order valence-electron chi connectivity index (χ1n) is 8.76. The van der Waals surface area contributed by atoms with Crippen LogP contribution in [0, 0.1) is 5.92 Å². The van der Waals surface area contributed by atoms with Crippen LogP contribution in [-0.4, -0.2) is 17.4 Å². The van der Waals surface area contributed by atoms with Crippen molar-refractivity contribution in [1.29, 1.82) is 0 Å². The molecule has 6 heteroatoms. The second-order valence-corrected chi connectivity index (χ2v) is 8.86. The summed E-state index contributed by atoms with van der Waals surface area (Å²) in [5.41, 5.74) is 2.94. The van der Waals surface area contributed by atoms with Crippen LogP contribution in [0.2, 0.25) is 10.0 Å². The Kier molecular flexibility index (Phi) is 3.96. The number of aromatic nitrogens is 1. The van der Waals surface area contributed by atoms with Crippen molar-refractivity contribution in [1.82, 2.24) is 4.98 Å². The molecule has 26 heavy (non-hydrogen) atoms. The highest BCUT2D eigenvalue weighted by Crippen LogP contribution is 2.51. The van der Waals surface area contributed by atoms with Crippen LogP contribution in [0.4, 0.5) is 5.69 Å². The van der Waals surface area contributed by atoms with Crippen LogP contribution in [0.25, 0.3) is 10.2 Å². The Balaban J connectivity index is 1.42. The van der Waals surface area contributed by atoms with Crippen molar-refractivity contribution in [2.45, 2.75) is 25.2 Å². The Bertz CT molecular complexity index is 999. The average Bonchev–Trinajstić information content (AvgIpc) is 3.31. The molecule has 2 atom stereocenters. The molecule has 2 aromatic carbocycles. The topological polar surface area (TPSA) is 33.2 Å². The van der Waals surface area contributed by atoms with E-state index in [0.717, 1.165) is 47.6 Å². The summed E-state index contributed by atoms with van der Waals surface area (Å²) < 4.78 is 1.18. The van der Waals surface area contributed by atoms with Gasteiger partial charge in [-0.05, 0) is 49.1 Å². The van der Waals surface area contributed by atoms with E-state index in [2.05, 4.69) is 6.07 Å². The molecule has 1 aromatic heterocycles. The molecule has 0 saturated heterocycles. The van der Waals surface area contributed by atoms with Crippen molar-refractivity contribution in [2.75, 3.05) is 11.4 Å². The molecule has 2 aliphatic rings. The molecule has 3 aromatic rings. The summed E-state index contributed by atoms with van der Waals surface area (Å²) in [6, 6.07) is 11.8. The third-order valence-electron chi connectivity index (χ3n) is 5.21. The molecule has 1 saturated carbocycles. The number of fused-ring (bicyclic) bond motifs is 2. The molecule has 5 rings (SSSR count). The predicted octanol–water partition coefficient (Wildman–Crippen LogP) is 5.69. The maximum Gasteiger partial charge on any atom is 0.230 e. The SMILES string of the molecule is O=C(C1CC1c1nc2ccccc2s1)N1CCCc2cc(Cl)cc(Cl)c21. The molecule has 0 spiro atoms. The van der Waals surface area contributed by atoms with Crippen molar-refractivity contribution >= 4 is 56.3 Å². The van der Waals surface area contributed by atoms with Crippen molar-refractivity contribution in [3.8, 4) is 0 Å². The number of benzene rings is 2. The summed E-state index contributed by atoms with van der Waals surface area (Å²) >= 11 is 14.3. The molecule has 0 bridgehead atoms. The first-order chi connectivity index (χ1) is 12.6. The highest BCUT2D eigenvalue weighted by molar-refractivity contribution is 7.18.